The van der Waals surface area contributed by atoms with Crippen molar-refractivity contribution in [2.75, 3.05) is 32.6 Å². The summed E-state index contributed by atoms with van der Waals surface area (Å²) < 4.78 is 5.11. The van der Waals surface area contributed by atoms with Crippen LogP contribution in [0.1, 0.15) is 12.8 Å². The molecule has 0 spiro atoms. The zero-order chi connectivity index (χ0) is 14.5. The first-order valence-corrected chi connectivity index (χ1v) is 7.08. The third-order valence-electron chi connectivity index (χ3n) is 3.57. The van der Waals surface area contributed by atoms with Gasteiger partial charge in [-0.2, -0.15) is 0 Å². The third kappa shape index (κ3) is 3.77. The van der Waals surface area contributed by atoms with Crippen molar-refractivity contribution in [3.63, 3.8) is 0 Å². The van der Waals surface area contributed by atoms with Gasteiger partial charge < -0.3 is 20.7 Å². The number of hydrogen-bond donors (Lipinski definition) is 2. The number of rotatable bonds is 4. The molecular formula is C14H21ClN4O. The zero-order valence-electron chi connectivity index (χ0n) is 11.9. The third-order valence-corrected chi connectivity index (χ3v) is 3.86. The standard InChI is InChI=1S/C14H21ClN4O/c1-19-7-3-4-11(19)9-17-14(16)18-10-5-6-13(20-2)12(15)8-10/h5-6,8,11H,3-4,7,9H2,1-2H3,(H3,16,17,18). The van der Waals surface area contributed by atoms with Gasteiger partial charge in [0.2, 0.25) is 0 Å². The molecule has 1 aromatic rings. The molecule has 1 saturated heterocycles. The maximum absolute atomic E-state index is 6.06. The fraction of sp³-hybridized carbons (Fsp3) is 0.500. The van der Waals surface area contributed by atoms with E-state index in [2.05, 4.69) is 22.3 Å². The Bertz CT molecular complexity index is 492. The van der Waals surface area contributed by atoms with E-state index in [0.29, 0.717) is 22.8 Å². The predicted molar refractivity (Wildman–Crippen MR) is 83.8 cm³/mol. The first-order chi connectivity index (χ1) is 9.60. The van der Waals surface area contributed by atoms with Gasteiger partial charge >= 0.3 is 0 Å². The van der Waals surface area contributed by atoms with E-state index in [0.717, 1.165) is 18.8 Å². The minimum atomic E-state index is 0.409. The summed E-state index contributed by atoms with van der Waals surface area (Å²) in [5.41, 5.74) is 6.70. The van der Waals surface area contributed by atoms with E-state index in [-0.39, 0.29) is 0 Å². The Balaban J connectivity index is 1.93. The van der Waals surface area contributed by atoms with Crippen molar-refractivity contribution in [2.45, 2.75) is 18.9 Å². The van der Waals surface area contributed by atoms with Gasteiger partial charge in [-0.1, -0.05) is 11.6 Å². The first-order valence-electron chi connectivity index (χ1n) is 6.71. The summed E-state index contributed by atoms with van der Waals surface area (Å²) in [6.45, 7) is 1.86. The average Bonchev–Trinajstić information content (AvgIpc) is 2.82. The molecule has 3 N–H and O–H groups in total. The molecule has 1 aromatic carbocycles. The smallest absolute Gasteiger partial charge is 0.193 e. The number of ether oxygens (including phenoxy) is 1. The number of nitrogens with zero attached hydrogens (tertiary/aromatic N) is 2. The van der Waals surface area contributed by atoms with Crippen molar-refractivity contribution in [1.29, 1.82) is 0 Å². The molecule has 1 fully saturated rings. The molecule has 20 heavy (non-hydrogen) atoms. The van der Waals surface area contributed by atoms with Crippen LogP contribution in [0.5, 0.6) is 5.75 Å². The van der Waals surface area contributed by atoms with Crippen molar-refractivity contribution in [3.05, 3.63) is 23.2 Å². The van der Waals surface area contributed by atoms with Crippen molar-refractivity contribution in [2.24, 2.45) is 10.7 Å². The van der Waals surface area contributed by atoms with E-state index in [1.54, 1.807) is 19.2 Å². The Labute approximate surface area is 124 Å². The van der Waals surface area contributed by atoms with Gasteiger partial charge in [-0.05, 0) is 44.6 Å². The Morgan fingerprint density at radius 1 is 1.60 bits per heavy atom. The fourth-order valence-corrected chi connectivity index (χ4v) is 2.60. The van der Waals surface area contributed by atoms with Crippen LogP contribution in [0.4, 0.5) is 5.69 Å². The molecule has 1 atom stereocenters. The summed E-state index contributed by atoms with van der Waals surface area (Å²) in [6.07, 6.45) is 2.42. The largest absolute Gasteiger partial charge is 0.495 e. The maximum Gasteiger partial charge on any atom is 0.193 e. The lowest BCUT2D eigenvalue weighted by Crippen LogP contribution is -2.30. The minimum absolute atomic E-state index is 0.409. The van der Waals surface area contributed by atoms with E-state index < -0.39 is 0 Å². The molecule has 5 nitrogen and oxygen atoms in total. The topological polar surface area (TPSA) is 62.9 Å². The Morgan fingerprint density at radius 3 is 3.00 bits per heavy atom. The highest BCUT2D eigenvalue weighted by atomic mass is 35.5. The van der Waals surface area contributed by atoms with Crippen LogP contribution in [0.2, 0.25) is 5.02 Å². The second-order valence-electron chi connectivity index (χ2n) is 4.98. The van der Waals surface area contributed by atoms with Crippen LogP contribution in [-0.4, -0.2) is 44.1 Å². The molecule has 6 heteroatoms. The molecule has 0 saturated carbocycles. The van der Waals surface area contributed by atoms with Crippen molar-refractivity contribution >= 4 is 23.2 Å². The molecule has 0 bridgehead atoms. The van der Waals surface area contributed by atoms with Gasteiger partial charge in [-0.15, -0.1) is 0 Å². The zero-order valence-corrected chi connectivity index (χ0v) is 12.7. The Morgan fingerprint density at radius 2 is 2.40 bits per heavy atom. The quantitative estimate of drug-likeness (QED) is 0.660. The SMILES string of the molecule is COc1ccc(NC(N)=NCC2CCCN2C)cc1Cl. The van der Waals surface area contributed by atoms with Crippen LogP contribution >= 0.6 is 11.6 Å². The molecule has 2 rings (SSSR count). The van der Waals surface area contributed by atoms with Gasteiger partial charge in [0.15, 0.2) is 5.96 Å². The van der Waals surface area contributed by atoms with Gasteiger partial charge in [-0.25, -0.2) is 0 Å². The van der Waals surface area contributed by atoms with Gasteiger partial charge in [0.25, 0.3) is 0 Å². The number of guanidine groups is 1. The number of methoxy groups -OCH3 is 1. The fourth-order valence-electron chi connectivity index (χ4n) is 2.35. The Kier molecular flexibility index (Phi) is 5.09. The predicted octanol–water partition coefficient (Wildman–Crippen LogP) is 2.17. The minimum Gasteiger partial charge on any atom is -0.495 e. The van der Waals surface area contributed by atoms with Crippen LogP contribution in [0.25, 0.3) is 0 Å². The average molecular weight is 297 g/mol. The van der Waals surface area contributed by atoms with E-state index >= 15 is 0 Å². The van der Waals surface area contributed by atoms with Gasteiger partial charge in [0.05, 0.1) is 18.7 Å². The van der Waals surface area contributed by atoms with Crippen LogP contribution < -0.4 is 15.8 Å². The van der Waals surface area contributed by atoms with Crippen molar-refractivity contribution in [3.8, 4) is 5.75 Å². The highest BCUT2D eigenvalue weighted by Crippen LogP contribution is 2.27. The molecule has 0 aliphatic carbocycles. The van der Waals surface area contributed by atoms with Crippen LogP contribution in [0.3, 0.4) is 0 Å². The lowest BCUT2D eigenvalue weighted by Gasteiger charge is -2.17. The van der Waals surface area contributed by atoms with Crippen LogP contribution in [0.15, 0.2) is 23.2 Å². The number of nitrogens with one attached hydrogen (secondary N) is 1. The number of hydrogen-bond acceptors (Lipinski definition) is 3. The summed E-state index contributed by atoms with van der Waals surface area (Å²) >= 11 is 6.06. The van der Waals surface area contributed by atoms with Gasteiger partial charge in [0, 0.05) is 11.7 Å². The number of benzene rings is 1. The lowest BCUT2D eigenvalue weighted by atomic mass is 10.2. The molecular weight excluding hydrogens is 276 g/mol. The van der Waals surface area contributed by atoms with Crippen molar-refractivity contribution in [1.82, 2.24) is 4.90 Å². The maximum atomic E-state index is 6.06. The molecule has 0 aromatic heterocycles. The summed E-state index contributed by atoms with van der Waals surface area (Å²) in [5, 5.41) is 3.58. The molecule has 0 amide bonds. The number of likely N-dealkylation sites (tertiary alicyclic amines) is 1. The second-order valence-corrected chi connectivity index (χ2v) is 5.38. The molecule has 1 aliphatic heterocycles. The summed E-state index contributed by atoms with van der Waals surface area (Å²) in [6, 6.07) is 5.91. The van der Waals surface area contributed by atoms with Gasteiger partial charge in [0.1, 0.15) is 5.75 Å². The van der Waals surface area contributed by atoms with E-state index in [9.17, 15) is 0 Å². The number of halogens is 1. The first kappa shape index (κ1) is 14.9. The van der Waals surface area contributed by atoms with Crippen molar-refractivity contribution < 1.29 is 4.74 Å². The number of anilines is 1. The normalized spacial score (nSPS) is 20.1. The molecule has 0 radical (unpaired) electrons. The second kappa shape index (κ2) is 6.81. The molecule has 110 valence electrons. The molecule has 1 unspecified atom stereocenters. The number of aliphatic imine (C=N–C) groups is 1. The van der Waals surface area contributed by atoms with E-state index in [4.69, 9.17) is 22.1 Å². The highest BCUT2D eigenvalue weighted by molar-refractivity contribution is 6.32. The molecule has 1 heterocycles. The monoisotopic (exact) mass is 296 g/mol. The van der Waals surface area contributed by atoms with Crippen LogP contribution in [-0.2, 0) is 0 Å². The van der Waals surface area contributed by atoms with E-state index in [1.807, 2.05) is 6.07 Å². The van der Waals surface area contributed by atoms with E-state index in [1.165, 1.54) is 12.8 Å². The Hall–Kier alpha value is -1.46. The number of nitrogens with two attached hydrogens (primary N) is 1. The number of likely N-dealkylation sites (N-methyl/N-ethyl adjacent to an activating group) is 1. The summed E-state index contributed by atoms with van der Waals surface area (Å²) in [7, 11) is 3.71. The highest BCUT2D eigenvalue weighted by Gasteiger charge is 2.20. The van der Waals surface area contributed by atoms with Gasteiger partial charge in [-0.3, -0.25) is 4.99 Å². The van der Waals surface area contributed by atoms with Crippen LogP contribution in [0, 0.1) is 0 Å². The summed E-state index contributed by atoms with van der Waals surface area (Å²) in [4.78, 5) is 6.71. The lowest BCUT2D eigenvalue weighted by molar-refractivity contribution is 0.317. The molecule has 1 aliphatic rings. The summed E-state index contributed by atoms with van der Waals surface area (Å²) in [5.74, 6) is 1.05.